The zero-order valence-electron chi connectivity index (χ0n) is 8.54. The van der Waals surface area contributed by atoms with Gasteiger partial charge in [0, 0.05) is 12.8 Å². The van der Waals surface area contributed by atoms with E-state index in [9.17, 15) is 13.6 Å². The highest BCUT2D eigenvalue weighted by molar-refractivity contribution is 5.85. The van der Waals surface area contributed by atoms with Crippen LogP contribution in [0.3, 0.4) is 0 Å². The minimum absolute atomic E-state index is 0. The highest BCUT2D eigenvalue weighted by Crippen LogP contribution is 2.37. The predicted octanol–water partition coefficient (Wildman–Crippen LogP) is 1.73. The summed E-state index contributed by atoms with van der Waals surface area (Å²) in [4.78, 5) is 11.0. The fourth-order valence-corrected chi connectivity index (χ4v) is 1.75. The van der Waals surface area contributed by atoms with Gasteiger partial charge >= 0.3 is 5.97 Å². The quantitative estimate of drug-likeness (QED) is 0.752. The smallest absolute Gasteiger partial charge is 0.322 e. The van der Waals surface area contributed by atoms with Crippen molar-refractivity contribution >= 4 is 18.4 Å². The average Bonchev–Trinajstić information content (AvgIpc) is 2.15. The van der Waals surface area contributed by atoms with Gasteiger partial charge in [-0.05, 0) is 18.8 Å². The summed E-state index contributed by atoms with van der Waals surface area (Å²) in [5.41, 5.74) is 5.57. The Labute approximate surface area is 93.8 Å². The molecule has 0 spiro atoms. The molecule has 0 bridgehead atoms. The Kier molecular flexibility index (Phi) is 5.45. The first-order chi connectivity index (χ1) is 6.46. The molecule has 1 rings (SSSR count). The van der Waals surface area contributed by atoms with E-state index >= 15 is 0 Å². The first-order valence-electron chi connectivity index (χ1n) is 4.67. The number of esters is 1. The lowest BCUT2D eigenvalue weighted by atomic mass is 9.82. The molecule has 0 radical (unpaired) electrons. The van der Waals surface area contributed by atoms with E-state index < -0.39 is 17.9 Å². The second-order valence-corrected chi connectivity index (χ2v) is 3.74. The molecule has 0 aromatic rings. The number of methoxy groups -OCH3 is 1. The lowest BCUT2D eigenvalue weighted by Crippen LogP contribution is -2.42. The van der Waals surface area contributed by atoms with Crippen molar-refractivity contribution in [3.63, 3.8) is 0 Å². The van der Waals surface area contributed by atoms with Gasteiger partial charge < -0.3 is 10.5 Å². The van der Waals surface area contributed by atoms with Gasteiger partial charge in [-0.3, -0.25) is 4.79 Å². The normalized spacial score (nSPS) is 22.7. The highest BCUT2D eigenvalue weighted by atomic mass is 35.5. The SMILES string of the molecule is COC(=O)[C@@H](N)C1CCC(F)(F)CC1.Cl. The summed E-state index contributed by atoms with van der Waals surface area (Å²) >= 11 is 0. The summed E-state index contributed by atoms with van der Waals surface area (Å²) in [5, 5.41) is 0. The molecule has 3 nitrogen and oxygen atoms in total. The molecule has 0 aliphatic heterocycles. The summed E-state index contributed by atoms with van der Waals surface area (Å²) < 4.78 is 30.0. The van der Waals surface area contributed by atoms with Crippen molar-refractivity contribution in [1.82, 2.24) is 0 Å². The number of alkyl halides is 2. The largest absolute Gasteiger partial charge is 0.468 e. The molecule has 0 aromatic carbocycles. The first kappa shape index (κ1) is 14.6. The Balaban J connectivity index is 0.00000196. The maximum Gasteiger partial charge on any atom is 0.322 e. The number of nitrogens with two attached hydrogens (primary N) is 1. The second-order valence-electron chi connectivity index (χ2n) is 3.74. The van der Waals surface area contributed by atoms with Gasteiger partial charge in [-0.15, -0.1) is 12.4 Å². The Morgan fingerprint density at radius 1 is 1.47 bits per heavy atom. The molecule has 6 heteroatoms. The molecule has 15 heavy (non-hydrogen) atoms. The lowest BCUT2D eigenvalue weighted by Gasteiger charge is -2.30. The van der Waals surface area contributed by atoms with Gasteiger partial charge in [0.2, 0.25) is 5.92 Å². The molecule has 1 aliphatic carbocycles. The van der Waals surface area contributed by atoms with Crippen LogP contribution in [-0.2, 0) is 9.53 Å². The van der Waals surface area contributed by atoms with Crippen molar-refractivity contribution < 1.29 is 18.3 Å². The van der Waals surface area contributed by atoms with E-state index in [0.717, 1.165) is 0 Å². The van der Waals surface area contributed by atoms with Crippen LogP contribution in [0, 0.1) is 5.92 Å². The number of carbonyl (C=O) groups excluding carboxylic acids is 1. The van der Waals surface area contributed by atoms with Gasteiger partial charge in [0.25, 0.3) is 0 Å². The Hall–Kier alpha value is -0.420. The molecule has 1 fully saturated rings. The third-order valence-corrected chi connectivity index (χ3v) is 2.74. The van der Waals surface area contributed by atoms with Crippen molar-refractivity contribution in [2.24, 2.45) is 11.7 Å². The highest BCUT2D eigenvalue weighted by Gasteiger charge is 2.38. The number of hydrogen-bond acceptors (Lipinski definition) is 3. The van der Waals surface area contributed by atoms with E-state index in [-0.39, 0.29) is 31.2 Å². The Morgan fingerprint density at radius 3 is 2.33 bits per heavy atom. The number of halogens is 3. The van der Waals surface area contributed by atoms with Gasteiger partial charge in [0.05, 0.1) is 7.11 Å². The molecular weight excluding hydrogens is 228 g/mol. The summed E-state index contributed by atoms with van der Waals surface area (Å²) in [6.45, 7) is 0. The van der Waals surface area contributed by atoms with Crippen LogP contribution in [0.2, 0.25) is 0 Å². The molecule has 0 amide bonds. The third-order valence-electron chi connectivity index (χ3n) is 2.74. The van der Waals surface area contributed by atoms with Crippen molar-refractivity contribution in [2.75, 3.05) is 7.11 Å². The van der Waals surface area contributed by atoms with Gasteiger partial charge in [-0.1, -0.05) is 0 Å². The second kappa shape index (κ2) is 5.61. The van der Waals surface area contributed by atoms with Crippen molar-refractivity contribution in [3.8, 4) is 0 Å². The van der Waals surface area contributed by atoms with E-state index in [1.165, 1.54) is 7.11 Å². The minimum Gasteiger partial charge on any atom is -0.468 e. The molecule has 0 aromatic heterocycles. The molecule has 1 saturated carbocycles. The van der Waals surface area contributed by atoms with Gasteiger partial charge in [-0.2, -0.15) is 0 Å². The van der Waals surface area contributed by atoms with E-state index in [2.05, 4.69) is 4.74 Å². The zero-order valence-corrected chi connectivity index (χ0v) is 9.36. The van der Waals surface area contributed by atoms with Crippen LogP contribution in [0.15, 0.2) is 0 Å². The van der Waals surface area contributed by atoms with Crippen molar-refractivity contribution in [1.29, 1.82) is 0 Å². The fraction of sp³-hybridized carbons (Fsp3) is 0.889. The topological polar surface area (TPSA) is 52.3 Å². The van der Waals surface area contributed by atoms with Crippen LogP contribution < -0.4 is 5.73 Å². The number of rotatable bonds is 2. The Bertz CT molecular complexity index is 216. The number of carbonyl (C=O) groups is 1. The van der Waals surface area contributed by atoms with Crippen molar-refractivity contribution in [2.45, 2.75) is 37.6 Å². The molecule has 0 saturated heterocycles. The Morgan fingerprint density at radius 2 is 1.93 bits per heavy atom. The summed E-state index contributed by atoms with van der Waals surface area (Å²) in [7, 11) is 1.25. The minimum atomic E-state index is -2.58. The summed E-state index contributed by atoms with van der Waals surface area (Å²) in [5.74, 6) is -3.26. The predicted molar refractivity (Wildman–Crippen MR) is 54.1 cm³/mol. The van der Waals surface area contributed by atoms with E-state index in [0.29, 0.717) is 12.8 Å². The monoisotopic (exact) mass is 243 g/mol. The zero-order chi connectivity index (χ0) is 10.8. The number of ether oxygens (including phenoxy) is 1. The molecule has 90 valence electrons. The van der Waals surface area contributed by atoms with Gasteiger partial charge in [0.1, 0.15) is 6.04 Å². The first-order valence-corrected chi connectivity index (χ1v) is 4.67. The van der Waals surface area contributed by atoms with Gasteiger partial charge in [-0.25, -0.2) is 8.78 Å². The van der Waals surface area contributed by atoms with Crippen LogP contribution >= 0.6 is 12.4 Å². The van der Waals surface area contributed by atoms with Crippen LogP contribution in [-0.4, -0.2) is 25.0 Å². The summed E-state index contributed by atoms with van der Waals surface area (Å²) in [6, 6.07) is -0.754. The van der Waals surface area contributed by atoms with E-state index in [1.54, 1.807) is 0 Å². The summed E-state index contributed by atoms with van der Waals surface area (Å²) in [6.07, 6.45) is 0.233. The van der Waals surface area contributed by atoms with Crippen molar-refractivity contribution in [3.05, 3.63) is 0 Å². The third kappa shape index (κ3) is 3.91. The molecule has 1 atom stereocenters. The lowest BCUT2D eigenvalue weighted by molar-refractivity contribution is -0.145. The fourth-order valence-electron chi connectivity index (χ4n) is 1.75. The maximum atomic E-state index is 12.8. The average molecular weight is 244 g/mol. The van der Waals surface area contributed by atoms with E-state index in [1.807, 2.05) is 0 Å². The maximum absolute atomic E-state index is 12.8. The standard InChI is InChI=1S/C9H15F2NO2.ClH/c1-14-8(13)7(12)6-2-4-9(10,11)5-3-6;/h6-7H,2-5,12H2,1H3;1H/t7-;/m0./s1. The molecule has 2 N–H and O–H groups in total. The molecule has 1 aliphatic rings. The van der Waals surface area contributed by atoms with Crippen LogP contribution in [0.4, 0.5) is 8.78 Å². The van der Waals surface area contributed by atoms with Crippen LogP contribution in [0.25, 0.3) is 0 Å². The molecule has 0 heterocycles. The molecular formula is C9H16ClF2NO2. The van der Waals surface area contributed by atoms with Crippen LogP contribution in [0.5, 0.6) is 0 Å². The van der Waals surface area contributed by atoms with Gasteiger partial charge in [0.15, 0.2) is 0 Å². The molecule has 0 unspecified atom stereocenters. The van der Waals surface area contributed by atoms with Crippen LogP contribution in [0.1, 0.15) is 25.7 Å². The number of hydrogen-bond donors (Lipinski definition) is 1. The van der Waals surface area contributed by atoms with E-state index in [4.69, 9.17) is 5.73 Å².